The second-order valence-corrected chi connectivity index (χ2v) is 7.44. The minimum atomic E-state index is -4.52. The summed E-state index contributed by atoms with van der Waals surface area (Å²) in [5.41, 5.74) is 2.16. The van der Waals surface area contributed by atoms with Crippen molar-refractivity contribution in [3.05, 3.63) is 71.4 Å². The summed E-state index contributed by atoms with van der Waals surface area (Å²) in [5, 5.41) is 9.72. The van der Waals surface area contributed by atoms with Crippen molar-refractivity contribution in [1.82, 2.24) is 9.78 Å². The number of ether oxygens (including phenoxy) is 1. The van der Waals surface area contributed by atoms with Crippen molar-refractivity contribution in [3.8, 4) is 5.75 Å². The van der Waals surface area contributed by atoms with Crippen molar-refractivity contribution in [2.45, 2.75) is 31.6 Å². The van der Waals surface area contributed by atoms with E-state index in [4.69, 9.17) is 4.74 Å². The first-order valence-corrected chi connectivity index (χ1v) is 9.69. The molecule has 2 heterocycles. The fourth-order valence-electron chi connectivity index (χ4n) is 3.57. The lowest BCUT2D eigenvalue weighted by molar-refractivity contribution is -0.173. The smallest absolute Gasteiger partial charge is 0.410 e. The highest BCUT2D eigenvalue weighted by atomic mass is 19.4. The molecule has 4 rings (SSSR count). The second kappa shape index (κ2) is 7.98. The quantitative estimate of drug-likeness (QED) is 0.603. The zero-order valence-corrected chi connectivity index (χ0v) is 16.9. The number of hydrogen-bond acceptors (Lipinski definition) is 4. The van der Waals surface area contributed by atoms with Crippen LogP contribution in [0.15, 0.2) is 54.6 Å². The molecule has 0 spiro atoms. The van der Waals surface area contributed by atoms with Gasteiger partial charge in [0.25, 0.3) is 5.91 Å². The number of rotatable bonds is 4. The van der Waals surface area contributed by atoms with Gasteiger partial charge in [-0.2, -0.15) is 18.3 Å². The van der Waals surface area contributed by atoms with E-state index in [1.165, 1.54) is 13.2 Å². The predicted octanol–water partition coefficient (Wildman–Crippen LogP) is 5.11. The van der Waals surface area contributed by atoms with E-state index in [0.29, 0.717) is 17.0 Å². The number of benzene rings is 2. The summed E-state index contributed by atoms with van der Waals surface area (Å²) in [6.07, 6.45) is -4.76. The van der Waals surface area contributed by atoms with Gasteiger partial charge in [-0.05, 0) is 36.8 Å². The lowest BCUT2D eigenvalue weighted by Crippen LogP contribution is -2.35. The van der Waals surface area contributed by atoms with Gasteiger partial charge in [0.2, 0.25) is 0 Å². The number of methoxy groups -OCH3 is 1. The van der Waals surface area contributed by atoms with Gasteiger partial charge < -0.3 is 15.4 Å². The molecule has 2 atom stereocenters. The summed E-state index contributed by atoms with van der Waals surface area (Å²) >= 11 is 0. The molecule has 31 heavy (non-hydrogen) atoms. The third kappa shape index (κ3) is 4.35. The molecule has 0 aliphatic carbocycles. The predicted molar refractivity (Wildman–Crippen MR) is 110 cm³/mol. The normalized spacial score (nSPS) is 18.1. The SMILES string of the molecule is COc1ccc([C@@H]2C[C@H](C(F)(F)F)n3nc(C(=O)Nc4ccc(C)cc4)cc3N2)cc1. The van der Waals surface area contributed by atoms with E-state index < -0.39 is 24.2 Å². The summed E-state index contributed by atoms with van der Waals surface area (Å²) in [6.45, 7) is 1.91. The zero-order valence-electron chi connectivity index (χ0n) is 16.9. The Morgan fingerprint density at radius 3 is 2.45 bits per heavy atom. The molecule has 162 valence electrons. The summed E-state index contributed by atoms with van der Waals surface area (Å²) in [5.74, 6) is 0.185. The first-order chi connectivity index (χ1) is 14.7. The van der Waals surface area contributed by atoms with Crippen LogP contribution in [0.4, 0.5) is 24.7 Å². The van der Waals surface area contributed by atoms with E-state index in [9.17, 15) is 18.0 Å². The average Bonchev–Trinajstić information content (AvgIpc) is 3.18. The molecule has 0 saturated carbocycles. The van der Waals surface area contributed by atoms with Gasteiger partial charge in [0.05, 0.1) is 13.2 Å². The molecule has 0 saturated heterocycles. The minimum absolute atomic E-state index is 0.0901. The van der Waals surface area contributed by atoms with Crippen LogP contribution in [0, 0.1) is 6.92 Å². The van der Waals surface area contributed by atoms with E-state index in [0.717, 1.165) is 10.2 Å². The number of halogens is 3. The average molecular weight is 430 g/mol. The minimum Gasteiger partial charge on any atom is -0.497 e. The molecule has 0 unspecified atom stereocenters. The standard InChI is InChI=1S/C22H21F3N4O2/c1-13-3-7-15(8-4-13)26-21(30)18-12-20-27-17(14-5-9-16(31-2)10-6-14)11-19(22(23,24)25)29(20)28-18/h3-10,12,17,19,27H,11H2,1-2H3,(H,26,30)/t17-,19+/m0/s1. The lowest BCUT2D eigenvalue weighted by atomic mass is 9.97. The molecule has 0 bridgehead atoms. The molecular formula is C22H21F3N4O2. The molecule has 1 aliphatic heterocycles. The number of nitrogens with zero attached hydrogens (tertiary/aromatic N) is 2. The number of alkyl halides is 3. The Morgan fingerprint density at radius 2 is 1.84 bits per heavy atom. The topological polar surface area (TPSA) is 68.2 Å². The molecule has 9 heteroatoms. The molecule has 0 fully saturated rings. The summed E-state index contributed by atoms with van der Waals surface area (Å²) in [6, 6.07) is 12.9. The van der Waals surface area contributed by atoms with Crippen molar-refractivity contribution in [2.24, 2.45) is 0 Å². The third-order valence-corrected chi connectivity index (χ3v) is 5.25. The Morgan fingerprint density at radius 1 is 1.16 bits per heavy atom. The molecule has 3 aromatic rings. The van der Waals surface area contributed by atoms with Crippen molar-refractivity contribution in [2.75, 3.05) is 17.7 Å². The summed E-state index contributed by atoms with van der Waals surface area (Å²) in [7, 11) is 1.52. The van der Waals surface area contributed by atoms with Crippen LogP contribution in [0.2, 0.25) is 0 Å². The molecule has 1 aromatic heterocycles. The fraction of sp³-hybridized carbons (Fsp3) is 0.273. The molecule has 1 amide bonds. The Kier molecular flexibility index (Phi) is 5.34. The van der Waals surface area contributed by atoms with Gasteiger partial charge in [-0.1, -0.05) is 29.8 Å². The molecular weight excluding hydrogens is 409 g/mol. The van der Waals surface area contributed by atoms with Crippen molar-refractivity contribution < 1.29 is 22.7 Å². The highest BCUT2D eigenvalue weighted by Crippen LogP contribution is 2.43. The van der Waals surface area contributed by atoms with Crippen LogP contribution in [0.5, 0.6) is 5.75 Å². The molecule has 6 nitrogen and oxygen atoms in total. The van der Waals surface area contributed by atoms with Gasteiger partial charge >= 0.3 is 6.18 Å². The number of hydrogen-bond donors (Lipinski definition) is 2. The number of carbonyl (C=O) groups excluding carboxylic acids is 1. The van der Waals surface area contributed by atoms with Crippen molar-refractivity contribution >= 4 is 17.4 Å². The van der Waals surface area contributed by atoms with Crippen LogP contribution in [-0.4, -0.2) is 29.0 Å². The number of nitrogens with one attached hydrogen (secondary N) is 2. The van der Waals surface area contributed by atoms with E-state index >= 15 is 0 Å². The maximum atomic E-state index is 13.8. The first-order valence-electron chi connectivity index (χ1n) is 9.69. The van der Waals surface area contributed by atoms with E-state index in [1.54, 1.807) is 36.4 Å². The maximum Gasteiger partial charge on any atom is 0.410 e. The van der Waals surface area contributed by atoms with Crippen LogP contribution in [0.1, 0.15) is 40.1 Å². The van der Waals surface area contributed by atoms with E-state index in [2.05, 4.69) is 15.7 Å². The summed E-state index contributed by atoms with van der Waals surface area (Å²) < 4.78 is 47.4. The molecule has 1 aliphatic rings. The zero-order chi connectivity index (χ0) is 22.2. The van der Waals surface area contributed by atoms with E-state index in [-0.39, 0.29) is 17.9 Å². The molecule has 2 N–H and O–H groups in total. The highest BCUT2D eigenvalue weighted by molar-refractivity contribution is 6.03. The van der Waals surface area contributed by atoms with E-state index in [1.807, 2.05) is 19.1 Å². The third-order valence-electron chi connectivity index (χ3n) is 5.25. The number of fused-ring (bicyclic) bond motifs is 1. The van der Waals surface area contributed by atoms with Gasteiger partial charge in [-0.15, -0.1) is 0 Å². The number of amides is 1. The maximum absolute atomic E-state index is 13.8. The van der Waals surface area contributed by atoms with Crippen LogP contribution in [0.3, 0.4) is 0 Å². The van der Waals surface area contributed by atoms with Crippen molar-refractivity contribution in [3.63, 3.8) is 0 Å². The molecule has 2 aromatic carbocycles. The Balaban J connectivity index is 1.62. The van der Waals surface area contributed by atoms with Crippen molar-refractivity contribution in [1.29, 1.82) is 0 Å². The van der Waals surface area contributed by atoms with Gasteiger partial charge in [0.15, 0.2) is 11.7 Å². The Labute approximate surface area is 177 Å². The molecule has 0 radical (unpaired) electrons. The number of aromatic nitrogens is 2. The van der Waals surface area contributed by atoms with Crippen LogP contribution < -0.4 is 15.4 Å². The number of carbonyl (C=O) groups is 1. The Bertz CT molecular complexity index is 1080. The second-order valence-electron chi connectivity index (χ2n) is 7.44. The summed E-state index contributed by atoms with van der Waals surface area (Å²) in [4.78, 5) is 12.6. The number of aryl methyl sites for hydroxylation is 1. The first kappa shape index (κ1) is 20.8. The number of anilines is 2. The highest BCUT2D eigenvalue weighted by Gasteiger charge is 2.46. The Hall–Kier alpha value is -3.49. The van der Waals surface area contributed by atoms with Crippen LogP contribution >= 0.6 is 0 Å². The van der Waals surface area contributed by atoms with Crippen LogP contribution in [-0.2, 0) is 0 Å². The van der Waals surface area contributed by atoms with Gasteiger partial charge in [-0.3, -0.25) is 4.79 Å². The monoisotopic (exact) mass is 430 g/mol. The van der Waals surface area contributed by atoms with Gasteiger partial charge in [-0.25, -0.2) is 4.68 Å². The van der Waals surface area contributed by atoms with Gasteiger partial charge in [0.1, 0.15) is 11.6 Å². The fourth-order valence-corrected chi connectivity index (χ4v) is 3.57. The lowest BCUT2D eigenvalue weighted by Gasteiger charge is -2.33. The van der Waals surface area contributed by atoms with Gasteiger partial charge in [0, 0.05) is 18.2 Å². The largest absolute Gasteiger partial charge is 0.497 e. The van der Waals surface area contributed by atoms with Crippen LogP contribution in [0.25, 0.3) is 0 Å².